The van der Waals surface area contributed by atoms with Crippen molar-refractivity contribution in [2.75, 3.05) is 53.5 Å². The van der Waals surface area contributed by atoms with Crippen LogP contribution in [0.5, 0.6) is 0 Å². The van der Waals surface area contributed by atoms with Gasteiger partial charge in [0.1, 0.15) is 0 Å². The number of hydrogen-bond donors (Lipinski definition) is 3. The van der Waals surface area contributed by atoms with Gasteiger partial charge in [-0.3, -0.25) is 4.99 Å². The molecule has 0 atom stereocenters. The van der Waals surface area contributed by atoms with E-state index >= 15 is 0 Å². The summed E-state index contributed by atoms with van der Waals surface area (Å²) in [5.41, 5.74) is 2.55. The number of aromatic amines is 1. The lowest BCUT2D eigenvalue weighted by Crippen LogP contribution is -2.43. The van der Waals surface area contributed by atoms with Gasteiger partial charge in [0.25, 0.3) is 0 Å². The van der Waals surface area contributed by atoms with E-state index < -0.39 is 0 Å². The number of hydrogen-bond acceptors (Lipinski definition) is 3. The Morgan fingerprint density at radius 3 is 2.85 bits per heavy atom. The number of methoxy groups -OCH3 is 1. The summed E-state index contributed by atoms with van der Waals surface area (Å²) >= 11 is 0. The molecule has 1 aromatic carbocycles. The van der Waals surface area contributed by atoms with Gasteiger partial charge in [-0.1, -0.05) is 18.2 Å². The molecule has 6 heteroatoms. The maximum Gasteiger partial charge on any atom is 0.190 e. The maximum atomic E-state index is 5.17. The van der Waals surface area contributed by atoms with Crippen molar-refractivity contribution in [2.24, 2.45) is 10.9 Å². The van der Waals surface area contributed by atoms with Crippen molar-refractivity contribution in [3.05, 3.63) is 36.0 Å². The second-order valence-electron chi connectivity index (χ2n) is 7.27. The summed E-state index contributed by atoms with van der Waals surface area (Å²) < 4.78 is 5.17. The summed E-state index contributed by atoms with van der Waals surface area (Å²) in [4.78, 5) is 10.2. The lowest BCUT2D eigenvalue weighted by Gasteiger charge is -2.32. The third kappa shape index (κ3) is 5.71. The molecule has 0 spiro atoms. The third-order valence-corrected chi connectivity index (χ3v) is 5.46. The van der Waals surface area contributed by atoms with Crippen LogP contribution in [0.1, 0.15) is 18.4 Å². The Hall–Kier alpha value is -2.05. The number of guanidine groups is 1. The van der Waals surface area contributed by atoms with Crippen LogP contribution in [0.15, 0.2) is 35.5 Å². The molecule has 1 aliphatic heterocycles. The number of likely N-dealkylation sites (tertiary alicyclic amines) is 1. The Kier molecular flexibility index (Phi) is 7.54. The van der Waals surface area contributed by atoms with Crippen molar-refractivity contribution >= 4 is 16.9 Å². The molecule has 0 radical (unpaired) electrons. The number of aliphatic imine (C=N–C) groups is 1. The van der Waals surface area contributed by atoms with Crippen LogP contribution in [0.3, 0.4) is 0 Å². The van der Waals surface area contributed by atoms with E-state index in [1.807, 2.05) is 7.05 Å². The van der Waals surface area contributed by atoms with Crippen LogP contribution < -0.4 is 10.6 Å². The first-order valence-electron chi connectivity index (χ1n) is 10.0. The number of para-hydroxylation sites is 1. The molecular weight excluding hydrogens is 338 g/mol. The summed E-state index contributed by atoms with van der Waals surface area (Å²) in [6.07, 6.45) is 5.56. The van der Waals surface area contributed by atoms with E-state index in [1.54, 1.807) is 7.11 Å². The molecular formula is C21H33N5O. The van der Waals surface area contributed by atoms with E-state index in [1.165, 1.54) is 42.4 Å². The van der Waals surface area contributed by atoms with Gasteiger partial charge in [0, 0.05) is 50.9 Å². The molecule has 0 saturated carbocycles. The molecule has 0 amide bonds. The van der Waals surface area contributed by atoms with Crippen LogP contribution in [-0.2, 0) is 11.2 Å². The van der Waals surface area contributed by atoms with Crippen molar-refractivity contribution in [1.82, 2.24) is 20.5 Å². The normalized spacial score (nSPS) is 16.7. The molecule has 2 aromatic rings. The first-order chi connectivity index (χ1) is 13.3. The maximum absolute atomic E-state index is 5.17. The minimum atomic E-state index is 0.718. The van der Waals surface area contributed by atoms with Gasteiger partial charge in [0.15, 0.2) is 5.96 Å². The number of fused-ring (bicyclic) bond motifs is 1. The molecule has 2 heterocycles. The average molecular weight is 372 g/mol. The lowest BCUT2D eigenvalue weighted by atomic mass is 9.97. The first-order valence-corrected chi connectivity index (χ1v) is 10.0. The summed E-state index contributed by atoms with van der Waals surface area (Å²) in [5.74, 6) is 1.62. The number of piperidine rings is 1. The van der Waals surface area contributed by atoms with Gasteiger partial charge < -0.3 is 25.3 Å². The van der Waals surface area contributed by atoms with Crippen molar-refractivity contribution in [2.45, 2.75) is 19.3 Å². The Balaban J connectivity index is 1.36. The van der Waals surface area contributed by atoms with E-state index in [0.29, 0.717) is 0 Å². The highest BCUT2D eigenvalue weighted by atomic mass is 16.5. The summed E-state index contributed by atoms with van der Waals surface area (Å²) in [6, 6.07) is 8.45. The second kappa shape index (κ2) is 10.3. The topological polar surface area (TPSA) is 64.7 Å². The smallest absolute Gasteiger partial charge is 0.190 e. The molecule has 3 rings (SSSR count). The fourth-order valence-electron chi connectivity index (χ4n) is 3.75. The zero-order valence-electron chi connectivity index (χ0n) is 16.6. The Bertz CT molecular complexity index is 718. The summed E-state index contributed by atoms with van der Waals surface area (Å²) in [5, 5.41) is 8.26. The van der Waals surface area contributed by atoms with Crippen LogP contribution in [0.4, 0.5) is 0 Å². The van der Waals surface area contributed by atoms with Crippen LogP contribution in [0.25, 0.3) is 10.9 Å². The van der Waals surface area contributed by atoms with Crippen LogP contribution in [0.2, 0.25) is 0 Å². The molecule has 1 saturated heterocycles. The molecule has 0 bridgehead atoms. The van der Waals surface area contributed by atoms with Crippen molar-refractivity contribution in [3.63, 3.8) is 0 Å². The van der Waals surface area contributed by atoms with Gasteiger partial charge in [0.05, 0.1) is 6.61 Å². The quantitative estimate of drug-likeness (QED) is 0.492. The van der Waals surface area contributed by atoms with Crippen molar-refractivity contribution in [1.29, 1.82) is 0 Å². The highest BCUT2D eigenvalue weighted by molar-refractivity contribution is 5.83. The predicted octanol–water partition coefficient (Wildman–Crippen LogP) is 2.23. The number of rotatable bonds is 8. The van der Waals surface area contributed by atoms with E-state index in [2.05, 4.69) is 56.0 Å². The molecule has 1 aromatic heterocycles. The highest BCUT2D eigenvalue weighted by Crippen LogP contribution is 2.18. The molecule has 0 aliphatic carbocycles. The van der Waals surface area contributed by atoms with Crippen molar-refractivity contribution < 1.29 is 4.74 Å². The standard InChI is InChI=1S/C21H33N5O/c1-22-21(25-15-17-8-11-26(12-9-17)13-14-27-2)23-10-7-18-16-24-20-6-4-3-5-19(18)20/h3-6,16-17,24H,7-15H2,1-2H3,(H2,22,23,25). The van der Waals surface area contributed by atoms with Gasteiger partial charge in [-0.15, -0.1) is 0 Å². The van der Waals surface area contributed by atoms with E-state index in [-0.39, 0.29) is 0 Å². The summed E-state index contributed by atoms with van der Waals surface area (Å²) in [7, 11) is 3.61. The Labute approximate surface area is 162 Å². The van der Waals surface area contributed by atoms with Gasteiger partial charge >= 0.3 is 0 Å². The first kappa shape index (κ1) is 19.7. The molecule has 3 N–H and O–H groups in total. The van der Waals surface area contributed by atoms with E-state index in [4.69, 9.17) is 4.74 Å². The van der Waals surface area contributed by atoms with Crippen LogP contribution >= 0.6 is 0 Å². The fourth-order valence-corrected chi connectivity index (χ4v) is 3.75. The Morgan fingerprint density at radius 2 is 2.07 bits per heavy atom. The molecule has 27 heavy (non-hydrogen) atoms. The average Bonchev–Trinajstić information content (AvgIpc) is 3.13. The minimum Gasteiger partial charge on any atom is -0.383 e. The molecule has 148 valence electrons. The fraction of sp³-hybridized carbons (Fsp3) is 0.571. The number of nitrogens with zero attached hydrogens (tertiary/aromatic N) is 2. The van der Waals surface area contributed by atoms with Gasteiger partial charge in [0.2, 0.25) is 0 Å². The SMILES string of the molecule is CN=C(NCCc1c[nH]c2ccccc12)NCC1CCN(CCOC)CC1. The van der Waals surface area contributed by atoms with E-state index in [0.717, 1.165) is 44.5 Å². The third-order valence-electron chi connectivity index (χ3n) is 5.46. The Morgan fingerprint density at radius 1 is 1.26 bits per heavy atom. The highest BCUT2D eigenvalue weighted by Gasteiger charge is 2.18. The monoisotopic (exact) mass is 371 g/mol. The van der Waals surface area contributed by atoms with Crippen LogP contribution in [0, 0.1) is 5.92 Å². The van der Waals surface area contributed by atoms with Gasteiger partial charge in [-0.2, -0.15) is 0 Å². The lowest BCUT2D eigenvalue weighted by molar-refractivity contribution is 0.121. The number of H-pyrrole nitrogens is 1. The number of ether oxygens (including phenoxy) is 1. The summed E-state index contributed by atoms with van der Waals surface area (Å²) in [6.45, 7) is 6.08. The molecule has 0 unspecified atom stereocenters. The largest absolute Gasteiger partial charge is 0.383 e. The van der Waals surface area contributed by atoms with Gasteiger partial charge in [-0.05, 0) is 49.9 Å². The minimum absolute atomic E-state index is 0.718. The molecule has 1 fully saturated rings. The number of nitrogens with one attached hydrogen (secondary N) is 3. The number of benzene rings is 1. The molecule has 6 nitrogen and oxygen atoms in total. The van der Waals surface area contributed by atoms with Crippen LogP contribution in [-0.4, -0.2) is 69.3 Å². The van der Waals surface area contributed by atoms with E-state index in [9.17, 15) is 0 Å². The molecule has 1 aliphatic rings. The predicted molar refractivity (Wildman–Crippen MR) is 112 cm³/mol. The van der Waals surface area contributed by atoms with Gasteiger partial charge in [-0.25, -0.2) is 0 Å². The zero-order chi connectivity index (χ0) is 18.9. The number of aromatic nitrogens is 1. The zero-order valence-corrected chi connectivity index (χ0v) is 16.6. The van der Waals surface area contributed by atoms with Crippen molar-refractivity contribution in [3.8, 4) is 0 Å². The second-order valence-corrected chi connectivity index (χ2v) is 7.27.